The van der Waals surface area contributed by atoms with Crippen molar-refractivity contribution in [2.24, 2.45) is 0 Å². The van der Waals surface area contributed by atoms with E-state index >= 15 is 0 Å². The second-order valence-corrected chi connectivity index (χ2v) is 4.24. The minimum absolute atomic E-state index is 0.0598. The summed E-state index contributed by atoms with van der Waals surface area (Å²) in [6, 6.07) is 5.68. The average molecular weight is 273 g/mol. The van der Waals surface area contributed by atoms with Crippen LogP contribution in [0.25, 0.3) is 5.70 Å². The van der Waals surface area contributed by atoms with Crippen molar-refractivity contribution in [3.8, 4) is 5.75 Å². The molecule has 0 radical (unpaired) electrons. The first-order valence-corrected chi connectivity index (χ1v) is 5.59. The first-order chi connectivity index (χ1) is 8.71. The molecule has 0 aliphatic heterocycles. The van der Waals surface area contributed by atoms with Crippen LogP contribution < -0.4 is 5.32 Å². The predicted octanol–water partition coefficient (Wildman–Crippen LogP) is 2.86. The molecule has 6 heteroatoms. The van der Waals surface area contributed by atoms with Gasteiger partial charge in [0.15, 0.2) is 0 Å². The summed E-state index contributed by atoms with van der Waals surface area (Å²) >= 11 is 0. The maximum absolute atomic E-state index is 12.3. The molecule has 0 aliphatic carbocycles. The lowest BCUT2D eigenvalue weighted by molar-refractivity contribution is -0.165. The number of halogens is 3. The molecule has 0 heterocycles. The number of hydrogen-bond acceptors (Lipinski definition) is 3. The smallest absolute Gasteiger partial charge is 0.454 e. The zero-order valence-corrected chi connectivity index (χ0v) is 10.5. The molecule has 0 bridgehead atoms. The Morgan fingerprint density at radius 2 is 1.89 bits per heavy atom. The van der Waals surface area contributed by atoms with Crippen LogP contribution in [0.5, 0.6) is 5.75 Å². The fourth-order valence-corrected chi connectivity index (χ4v) is 1.42. The number of aromatic hydroxyl groups is 1. The van der Waals surface area contributed by atoms with Gasteiger partial charge >= 0.3 is 6.18 Å². The van der Waals surface area contributed by atoms with Crippen molar-refractivity contribution in [1.29, 1.82) is 0 Å². The summed E-state index contributed by atoms with van der Waals surface area (Å²) in [4.78, 5) is 11.0. The zero-order valence-electron chi connectivity index (χ0n) is 10.5. The molecule has 0 atom stereocenters. The highest BCUT2D eigenvalue weighted by Crippen LogP contribution is 2.25. The first kappa shape index (κ1) is 15.1. The second kappa shape index (κ2) is 5.77. The van der Waals surface area contributed by atoms with E-state index in [2.05, 4.69) is 5.32 Å². The summed E-state index contributed by atoms with van der Waals surface area (Å²) < 4.78 is 36.8. The number of hydrogen-bond donors (Lipinski definition) is 2. The molecule has 104 valence electrons. The van der Waals surface area contributed by atoms with Crippen LogP contribution in [0.1, 0.15) is 19.4 Å². The molecule has 0 aliphatic rings. The highest BCUT2D eigenvalue weighted by Gasteiger charge is 2.37. The molecule has 0 aromatic heterocycles. The van der Waals surface area contributed by atoms with E-state index in [1.165, 1.54) is 18.2 Å². The number of allylic oxidation sites excluding steroid dienone is 1. The Labute approximate surface area is 108 Å². The number of para-hydroxylation sites is 1. The SMILES string of the molecule is CC(C)N/C(=C\C(=O)C(F)(F)F)c1ccccc1O. The van der Waals surface area contributed by atoms with Crippen molar-refractivity contribution in [1.82, 2.24) is 5.32 Å². The molecule has 2 N–H and O–H groups in total. The number of alkyl halides is 3. The molecular formula is C13H14F3NO2. The minimum atomic E-state index is -4.94. The quantitative estimate of drug-likeness (QED) is 0.829. The summed E-state index contributed by atoms with van der Waals surface area (Å²) in [6.07, 6.45) is -4.48. The van der Waals surface area contributed by atoms with Crippen molar-refractivity contribution in [3.05, 3.63) is 35.9 Å². The molecule has 0 saturated heterocycles. The van der Waals surface area contributed by atoms with Crippen molar-refractivity contribution in [3.63, 3.8) is 0 Å². The lowest BCUT2D eigenvalue weighted by atomic mass is 10.1. The summed E-state index contributed by atoms with van der Waals surface area (Å²) in [5.41, 5.74) is 0.0872. The second-order valence-electron chi connectivity index (χ2n) is 4.24. The Morgan fingerprint density at radius 1 is 1.32 bits per heavy atom. The molecule has 1 aromatic rings. The van der Waals surface area contributed by atoms with E-state index in [0.29, 0.717) is 6.08 Å². The normalized spacial score (nSPS) is 12.6. The van der Waals surface area contributed by atoms with Crippen molar-refractivity contribution >= 4 is 11.5 Å². The standard InChI is InChI=1S/C13H14F3NO2/c1-8(2)17-10(7-12(19)13(14,15)16)9-5-3-4-6-11(9)18/h3-8,17-18H,1-2H3/b10-7-. The summed E-state index contributed by atoms with van der Waals surface area (Å²) in [6.45, 7) is 3.43. The largest absolute Gasteiger partial charge is 0.507 e. The number of carbonyl (C=O) groups is 1. The maximum Gasteiger partial charge on any atom is 0.454 e. The van der Waals surface area contributed by atoms with Crippen LogP contribution in [0.2, 0.25) is 0 Å². The number of rotatable bonds is 4. The van der Waals surface area contributed by atoms with Crippen LogP contribution in [0, 0.1) is 0 Å². The van der Waals surface area contributed by atoms with E-state index in [0.717, 1.165) is 0 Å². The van der Waals surface area contributed by atoms with Gasteiger partial charge in [0.05, 0.1) is 0 Å². The first-order valence-electron chi connectivity index (χ1n) is 5.59. The van der Waals surface area contributed by atoms with Crippen LogP contribution in [0.3, 0.4) is 0 Å². The van der Waals surface area contributed by atoms with Gasteiger partial charge in [-0.05, 0) is 26.0 Å². The van der Waals surface area contributed by atoms with E-state index in [1.807, 2.05) is 0 Å². The van der Waals surface area contributed by atoms with Crippen LogP contribution in [0.15, 0.2) is 30.3 Å². The van der Waals surface area contributed by atoms with Crippen LogP contribution in [-0.4, -0.2) is 23.1 Å². The number of ketones is 1. The number of phenols is 1. The van der Waals surface area contributed by atoms with Crippen molar-refractivity contribution in [2.45, 2.75) is 26.1 Å². The monoisotopic (exact) mass is 273 g/mol. The van der Waals surface area contributed by atoms with Crippen molar-refractivity contribution < 1.29 is 23.1 Å². The summed E-state index contributed by atoms with van der Waals surface area (Å²) in [7, 11) is 0. The fourth-order valence-electron chi connectivity index (χ4n) is 1.42. The van der Waals surface area contributed by atoms with Gasteiger partial charge in [-0.1, -0.05) is 12.1 Å². The van der Waals surface area contributed by atoms with Gasteiger partial charge in [-0.2, -0.15) is 13.2 Å². The van der Waals surface area contributed by atoms with Crippen LogP contribution in [0.4, 0.5) is 13.2 Å². The topological polar surface area (TPSA) is 49.3 Å². The third kappa shape index (κ3) is 4.31. The van der Waals surface area contributed by atoms with Gasteiger partial charge in [0, 0.05) is 23.4 Å². The van der Waals surface area contributed by atoms with E-state index in [4.69, 9.17) is 0 Å². The van der Waals surface area contributed by atoms with Crippen LogP contribution >= 0.6 is 0 Å². The molecule has 3 nitrogen and oxygen atoms in total. The summed E-state index contributed by atoms with van der Waals surface area (Å²) in [5, 5.41) is 12.4. The molecule has 0 fully saturated rings. The molecule has 0 unspecified atom stereocenters. The lowest BCUT2D eigenvalue weighted by Crippen LogP contribution is -2.25. The van der Waals surface area contributed by atoms with E-state index in [1.54, 1.807) is 19.9 Å². The van der Waals surface area contributed by atoms with Gasteiger partial charge in [0.1, 0.15) is 5.75 Å². The van der Waals surface area contributed by atoms with E-state index < -0.39 is 12.0 Å². The highest BCUT2D eigenvalue weighted by atomic mass is 19.4. The molecule has 1 rings (SSSR count). The number of carbonyl (C=O) groups excluding carboxylic acids is 1. The van der Waals surface area contributed by atoms with Gasteiger partial charge in [0.25, 0.3) is 5.78 Å². The molecule has 0 saturated carbocycles. The van der Waals surface area contributed by atoms with Gasteiger partial charge < -0.3 is 10.4 Å². The Balaban J connectivity index is 3.20. The Kier molecular flexibility index (Phi) is 4.58. The highest BCUT2D eigenvalue weighted by molar-refractivity contribution is 6.00. The van der Waals surface area contributed by atoms with Gasteiger partial charge in [-0.3, -0.25) is 4.79 Å². The molecule has 0 spiro atoms. The summed E-state index contributed by atoms with van der Waals surface area (Å²) in [5.74, 6) is -2.17. The molecule has 1 aromatic carbocycles. The molecule has 19 heavy (non-hydrogen) atoms. The van der Waals surface area contributed by atoms with E-state index in [-0.39, 0.29) is 23.1 Å². The Hall–Kier alpha value is -1.98. The average Bonchev–Trinajstić information content (AvgIpc) is 2.26. The maximum atomic E-state index is 12.3. The van der Waals surface area contributed by atoms with Gasteiger partial charge in [0.2, 0.25) is 0 Å². The van der Waals surface area contributed by atoms with Crippen molar-refractivity contribution in [2.75, 3.05) is 0 Å². The minimum Gasteiger partial charge on any atom is -0.507 e. The molecular weight excluding hydrogens is 259 g/mol. The van der Waals surface area contributed by atoms with Crippen LogP contribution in [-0.2, 0) is 4.79 Å². The van der Waals surface area contributed by atoms with Gasteiger partial charge in [-0.25, -0.2) is 0 Å². The third-order valence-electron chi connectivity index (χ3n) is 2.19. The Morgan fingerprint density at radius 3 is 2.37 bits per heavy atom. The third-order valence-corrected chi connectivity index (χ3v) is 2.19. The van der Waals surface area contributed by atoms with Gasteiger partial charge in [-0.15, -0.1) is 0 Å². The molecule has 0 amide bonds. The zero-order chi connectivity index (χ0) is 14.6. The number of phenolic OH excluding ortho intramolecular Hbond substituents is 1. The number of benzene rings is 1. The lowest BCUT2D eigenvalue weighted by Gasteiger charge is -2.15. The fraction of sp³-hybridized carbons (Fsp3) is 0.308. The van der Waals surface area contributed by atoms with E-state index in [9.17, 15) is 23.1 Å². The predicted molar refractivity (Wildman–Crippen MR) is 65.4 cm³/mol. The number of nitrogens with one attached hydrogen (secondary N) is 1. The Bertz CT molecular complexity index is 493.